The number of benzene rings is 1. The van der Waals surface area contributed by atoms with E-state index in [1.807, 2.05) is 19.9 Å². The zero-order valence-corrected chi connectivity index (χ0v) is 12.3. The van der Waals surface area contributed by atoms with Crippen LogP contribution in [0.2, 0.25) is 0 Å². The highest BCUT2D eigenvalue weighted by Crippen LogP contribution is 2.28. The molecule has 0 aliphatic carbocycles. The summed E-state index contributed by atoms with van der Waals surface area (Å²) in [6, 6.07) is 7.15. The molecule has 2 aromatic rings. The van der Waals surface area contributed by atoms with Gasteiger partial charge in [-0.25, -0.2) is 0 Å². The van der Waals surface area contributed by atoms with E-state index in [1.54, 1.807) is 24.4 Å². The second-order valence-corrected chi connectivity index (χ2v) is 5.19. The summed E-state index contributed by atoms with van der Waals surface area (Å²) in [5.41, 5.74) is 9.47. The summed E-state index contributed by atoms with van der Waals surface area (Å²) >= 11 is 3.41. The van der Waals surface area contributed by atoms with E-state index in [9.17, 15) is 4.79 Å². The summed E-state index contributed by atoms with van der Waals surface area (Å²) in [6.07, 6.45) is 1.55. The molecule has 0 atom stereocenters. The molecular weight excluding hydrogens is 306 g/mol. The molecule has 0 aliphatic rings. The Kier molecular flexibility index (Phi) is 3.85. The summed E-state index contributed by atoms with van der Waals surface area (Å²) < 4.78 is 0.799. The number of hydrogen-bond donors (Lipinski definition) is 2. The Morgan fingerprint density at radius 3 is 2.68 bits per heavy atom. The molecule has 0 fully saturated rings. The largest absolute Gasteiger partial charge is 0.398 e. The molecule has 19 heavy (non-hydrogen) atoms. The molecule has 0 saturated heterocycles. The second kappa shape index (κ2) is 5.40. The molecule has 1 aromatic carbocycles. The number of aromatic nitrogens is 1. The van der Waals surface area contributed by atoms with Crippen LogP contribution in [0, 0.1) is 13.8 Å². The van der Waals surface area contributed by atoms with Crippen molar-refractivity contribution in [3.8, 4) is 0 Å². The molecule has 98 valence electrons. The maximum absolute atomic E-state index is 12.1. The molecule has 0 spiro atoms. The summed E-state index contributed by atoms with van der Waals surface area (Å²) in [6.45, 7) is 3.79. The van der Waals surface area contributed by atoms with Gasteiger partial charge in [-0.2, -0.15) is 0 Å². The van der Waals surface area contributed by atoms with Crippen molar-refractivity contribution in [2.45, 2.75) is 13.8 Å². The molecule has 5 heteroatoms. The van der Waals surface area contributed by atoms with Crippen molar-refractivity contribution < 1.29 is 4.79 Å². The van der Waals surface area contributed by atoms with Crippen molar-refractivity contribution in [2.75, 3.05) is 11.1 Å². The molecule has 0 bridgehead atoms. The monoisotopic (exact) mass is 319 g/mol. The van der Waals surface area contributed by atoms with Gasteiger partial charge in [-0.15, -0.1) is 0 Å². The average Bonchev–Trinajstić information content (AvgIpc) is 2.36. The summed E-state index contributed by atoms with van der Waals surface area (Å²) in [5.74, 6) is -0.212. The van der Waals surface area contributed by atoms with E-state index < -0.39 is 0 Å². The van der Waals surface area contributed by atoms with Gasteiger partial charge in [0.1, 0.15) is 0 Å². The Hall–Kier alpha value is -1.88. The molecule has 4 nitrogen and oxygen atoms in total. The van der Waals surface area contributed by atoms with Gasteiger partial charge in [-0.1, -0.05) is 0 Å². The Morgan fingerprint density at radius 2 is 2.05 bits per heavy atom. The lowest BCUT2D eigenvalue weighted by atomic mass is 10.1. The number of nitrogens with zero attached hydrogens (tertiary/aromatic N) is 1. The number of carbonyl (C=O) groups excluding carboxylic acids is 1. The van der Waals surface area contributed by atoms with Crippen molar-refractivity contribution in [3.63, 3.8) is 0 Å². The first-order chi connectivity index (χ1) is 8.97. The fourth-order valence-electron chi connectivity index (χ4n) is 1.58. The number of carbonyl (C=O) groups is 1. The molecule has 0 saturated carbocycles. The molecule has 1 amide bonds. The van der Waals surface area contributed by atoms with Gasteiger partial charge in [-0.05, 0) is 59.6 Å². The van der Waals surface area contributed by atoms with Gasteiger partial charge in [0.05, 0.1) is 11.3 Å². The van der Waals surface area contributed by atoms with Crippen molar-refractivity contribution >= 4 is 33.2 Å². The molecule has 2 rings (SSSR count). The average molecular weight is 320 g/mol. The highest BCUT2D eigenvalue weighted by Gasteiger charge is 2.10. The minimum Gasteiger partial charge on any atom is -0.398 e. The van der Waals surface area contributed by atoms with Crippen LogP contribution in [0.4, 0.5) is 11.4 Å². The second-order valence-electron chi connectivity index (χ2n) is 4.33. The molecule has 1 heterocycles. The SMILES string of the molecule is Cc1ccc(C(=O)Nc2cc(N)c(C)cc2Br)cn1. The van der Waals surface area contributed by atoms with E-state index in [1.165, 1.54) is 0 Å². The third kappa shape index (κ3) is 3.12. The number of nitrogens with one attached hydrogen (secondary N) is 1. The van der Waals surface area contributed by atoms with Crippen molar-refractivity contribution in [1.82, 2.24) is 4.98 Å². The summed E-state index contributed by atoms with van der Waals surface area (Å²) in [7, 11) is 0. The maximum Gasteiger partial charge on any atom is 0.257 e. The zero-order valence-electron chi connectivity index (χ0n) is 10.7. The van der Waals surface area contributed by atoms with Crippen LogP contribution in [-0.4, -0.2) is 10.9 Å². The van der Waals surface area contributed by atoms with Gasteiger partial charge < -0.3 is 11.1 Å². The van der Waals surface area contributed by atoms with E-state index in [2.05, 4.69) is 26.2 Å². The third-order valence-electron chi connectivity index (χ3n) is 2.78. The Bertz CT molecular complexity index is 623. The zero-order chi connectivity index (χ0) is 14.0. The minimum atomic E-state index is -0.212. The molecule has 3 N–H and O–H groups in total. The quantitative estimate of drug-likeness (QED) is 0.834. The number of anilines is 2. The van der Waals surface area contributed by atoms with Crippen LogP contribution in [0.15, 0.2) is 34.9 Å². The number of hydrogen-bond acceptors (Lipinski definition) is 3. The van der Waals surface area contributed by atoms with Crippen molar-refractivity contribution in [3.05, 3.63) is 51.8 Å². The summed E-state index contributed by atoms with van der Waals surface area (Å²) in [4.78, 5) is 16.2. The van der Waals surface area contributed by atoms with Crippen LogP contribution in [-0.2, 0) is 0 Å². The fourth-order valence-corrected chi connectivity index (χ4v) is 2.14. The van der Waals surface area contributed by atoms with Crippen LogP contribution in [0.3, 0.4) is 0 Å². The lowest BCUT2D eigenvalue weighted by Gasteiger charge is -2.10. The highest BCUT2D eigenvalue weighted by molar-refractivity contribution is 9.10. The van der Waals surface area contributed by atoms with Crippen molar-refractivity contribution in [1.29, 1.82) is 0 Å². The lowest BCUT2D eigenvalue weighted by molar-refractivity contribution is 0.102. The van der Waals surface area contributed by atoms with E-state index >= 15 is 0 Å². The first kappa shape index (κ1) is 13.5. The van der Waals surface area contributed by atoms with Gasteiger partial charge in [0.2, 0.25) is 0 Å². The van der Waals surface area contributed by atoms with Gasteiger partial charge in [-0.3, -0.25) is 9.78 Å². The maximum atomic E-state index is 12.1. The fraction of sp³-hybridized carbons (Fsp3) is 0.143. The number of nitrogen functional groups attached to an aromatic ring is 1. The number of pyridine rings is 1. The molecule has 0 radical (unpaired) electrons. The van der Waals surface area contributed by atoms with Crippen LogP contribution in [0.1, 0.15) is 21.6 Å². The smallest absolute Gasteiger partial charge is 0.257 e. The van der Waals surface area contributed by atoms with Gasteiger partial charge in [0, 0.05) is 22.1 Å². The third-order valence-corrected chi connectivity index (χ3v) is 3.43. The number of aryl methyl sites for hydroxylation is 2. The highest BCUT2D eigenvalue weighted by atomic mass is 79.9. The number of rotatable bonds is 2. The Morgan fingerprint density at radius 1 is 1.32 bits per heavy atom. The normalized spacial score (nSPS) is 10.3. The lowest BCUT2D eigenvalue weighted by Crippen LogP contribution is -2.13. The van der Waals surface area contributed by atoms with Crippen LogP contribution in [0.25, 0.3) is 0 Å². The van der Waals surface area contributed by atoms with E-state index in [0.717, 1.165) is 15.7 Å². The number of nitrogens with two attached hydrogens (primary N) is 1. The molecule has 0 unspecified atom stereocenters. The van der Waals surface area contributed by atoms with Crippen LogP contribution < -0.4 is 11.1 Å². The van der Waals surface area contributed by atoms with E-state index in [0.29, 0.717) is 16.9 Å². The Labute approximate surface area is 120 Å². The number of halogens is 1. The van der Waals surface area contributed by atoms with Gasteiger partial charge >= 0.3 is 0 Å². The van der Waals surface area contributed by atoms with Crippen LogP contribution in [0.5, 0.6) is 0 Å². The molecule has 1 aromatic heterocycles. The molecule has 0 aliphatic heterocycles. The molecular formula is C14H14BrN3O. The first-order valence-corrected chi connectivity index (χ1v) is 6.56. The summed E-state index contributed by atoms with van der Waals surface area (Å²) in [5, 5.41) is 2.81. The van der Waals surface area contributed by atoms with Gasteiger partial charge in [0.15, 0.2) is 0 Å². The van der Waals surface area contributed by atoms with Crippen molar-refractivity contribution in [2.24, 2.45) is 0 Å². The number of amides is 1. The predicted octanol–water partition coefficient (Wildman–Crippen LogP) is 3.30. The first-order valence-electron chi connectivity index (χ1n) is 5.77. The topological polar surface area (TPSA) is 68.0 Å². The van der Waals surface area contributed by atoms with E-state index in [4.69, 9.17) is 5.73 Å². The van der Waals surface area contributed by atoms with E-state index in [-0.39, 0.29) is 5.91 Å². The standard InChI is InChI=1S/C14H14BrN3O/c1-8-5-11(15)13(6-12(8)16)18-14(19)10-4-3-9(2)17-7-10/h3-7H,16H2,1-2H3,(H,18,19). The van der Waals surface area contributed by atoms with Gasteiger partial charge in [0.25, 0.3) is 5.91 Å². The minimum absolute atomic E-state index is 0.212. The van der Waals surface area contributed by atoms with Crippen LogP contribution >= 0.6 is 15.9 Å². The predicted molar refractivity (Wildman–Crippen MR) is 80.2 cm³/mol. The Balaban J connectivity index is 2.24.